The summed E-state index contributed by atoms with van der Waals surface area (Å²) in [5.41, 5.74) is 3.73. The number of carbonyl (C=O) groups is 2. The van der Waals surface area contributed by atoms with Crippen molar-refractivity contribution in [2.75, 3.05) is 38.0 Å². The minimum Gasteiger partial charge on any atom is -0.333 e. The smallest absolute Gasteiger partial charge is 0.293 e. The number of anilines is 1. The summed E-state index contributed by atoms with van der Waals surface area (Å²) in [6.45, 7) is 8.33. The zero-order chi connectivity index (χ0) is 23.5. The lowest BCUT2D eigenvalue weighted by atomic mass is 10.1. The molecule has 2 aromatic carbocycles. The van der Waals surface area contributed by atoms with Gasteiger partial charge in [0.1, 0.15) is 5.82 Å². The van der Waals surface area contributed by atoms with E-state index in [-0.39, 0.29) is 24.2 Å². The Bertz CT molecular complexity index is 1180. The third-order valence-corrected chi connectivity index (χ3v) is 6.27. The SMILES string of the molecule is Cc1cccc(NC(=O)CN2CCN(C(=O)c3nc(C)n(-c4ccccc4Cl)n3)CC2)c1C. The Labute approximate surface area is 198 Å². The fourth-order valence-corrected chi connectivity index (χ4v) is 4.08. The van der Waals surface area contributed by atoms with Gasteiger partial charge in [0, 0.05) is 31.9 Å². The Kier molecular flexibility index (Phi) is 6.76. The summed E-state index contributed by atoms with van der Waals surface area (Å²) in [5.74, 6) is 0.462. The van der Waals surface area contributed by atoms with E-state index in [0.29, 0.717) is 42.7 Å². The van der Waals surface area contributed by atoms with Crippen LogP contribution < -0.4 is 5.32 Å². The number of halogens is 1. The molecule has 33 heavy (non-hydrogen) atoms. The normalized spacial score (nSPS) is 14.4. The number of carbonyl (C=O) groups excluding carboxylic acids is 2. The first-order chi connectivity index (χ1) is 15.8. The van der Waals surface area contributed by atoms with Gasteiger partial charge >= 0.3 is 0 Å². The second-order valence-corrected chi connectivity index (χ2v) is 8.62. The first-order valence-corrected chi connectivity index (χ1v) is 11.3. The number of benzene rings is 2. The molecular formula is C24H27ClN6O2. The lowest BCUT2D eigenvalue weighted by molar-refractivity contribution is -0.117. The van der Waals surface area contributed by atoms with Gasteiger partial charge in [0.15, 0.2) is 0 Å². The molecule has 1 aliphatic rings. The molecule has 1 saturated heterocycles. The average molecular weight is 467 g/mol. The molecular weight excluding hydrogens is 440 g/mol. The van der Waals surface area contributed by atoms with Crippen LogP contribution in [0.15, 0.2) is 42.5 Å². The lowest BCUT2D eigenvalue weighted by Crippen LogP contribution is -2.50. The summed E-state index contributed by atoms with van der Waals surface area (Å²) < 4.78 is 1.59. The van der Waals surface area contributed by atoms with Crippen molar-refractivity contribution in [1.29, 1.82) is 0 Å². The van der Waals surface area contributed by atoms with Crippen LogP contribution >= 0.6 is 11.6 Å². The number of amides is 2. The maximum absolute atomic E-state index is 13.0. The van der Waals surface area contributed by atoms with E-state index in [1.165, 1.54) is 0 Å². The van der Waals surface area contributed by atoms with Crippen LogP contribution in [0.4, 0.5) is 5.69 Å². The predicted octanol–water partition coefficient (Wildman–Crippen LogP) is 3.24. The van der Waals surface area contributed by atoms with Gasteiger partial charge in [0.25, 0.3) is 5.91 Å². The Morgan fingerprint density at radius 3 is 2.45 bits per heavy atom. The fraction of sp³-hybridized carbons (Fsp3) is 0.333. The van der Waals surface area contributed by atoms with Gasteiger partial charge in [-0.2, -0.15) is 0 Å². The first-order valence-electron chi connectivity index (χ1n) is 10.9. The van der Waals surface area contributed by atoms with Gasteiger partial charge in [0.05, 0.1) is 17.3 Å². The summed E-state index contributed by atoms with van der Waals surface area (Å²) in [5, 5.41) is 7.93. The summed E-state index contributed by atoms with van der Waals surface area (Å²) in [6.07, 6.45) is 0. The topological polar surface area (TPSA) is 83.4 Å². The number of hydrogen-bond acceptors (Lipinski definition) is 5. The van der Waals surface area contributed by atoms with Gasteiger partial charge in [0.2, 0.25) is 11.7 Å². The third-order valence-electron chi connectivity index (χ3n) is 5.95. The molecule has 0 bridgehead atoms. The van der Waals surface area contributed by atoms with Gasteiger partial charge in [-0.05, 0) is 50.1 Å². The largest absolute Gasteiger partial charge is 0.333 e. The van der Waals surface area contributed by atoms with Gasteiger partial charge in [-0.15, -0.1) is 5.10 Å². The number of piperazine rings is 1. The van der Waals surface area contributed by atoms with E-state index in [9.17, 15) is 9.59 Å². The van der Waals surface area contributed by atoms with E-state index in [0.717, 1.165) is 16.8 Å². The molecule has 2 heterocycles. The van der Waals surface area contributed by atoms with E-state index in [1.807, 2.05) is 55.1 Å². The van der Waals surface area contributed by atoms with Crippen molar-refractivity contribution in [3.63, 3.8) is 0 Å². The van der Waals surface area contributed by atoms with Crippen LogP contribution in [0.1, 0.15) is 27.6 Å². The van der Waals surface area contributed by atoms with Crippen molar-refractivity contribution in [2.24, 2.45) is 0 Å². The maximum Gasteiger partial charge on any atom is 0.293 e. The molecule has 0 unspecified atom stereocenters. The molecule has 1 aromatic heterocycles. The zero-order valence-corrected chi connectivity index (χ0v) is 19.8. The Hall–Kier alpha value is -3.23. The molecule has 0 aliphatic carbocycles. The van der Waals surface area contributed by atoms with Crippen molar-refractivity contribution in [3.05, 3.63) is 70.3 Å². The van der Waals surface area contributed by atoms with Gasteiger partial charge in [-0.25, -0.2) is 9.67 Å². The zero-order valence-electron chi connectivity index (χ0n) is 19.0. The molecule has 2 amide bonds. The van der Waals surface area contributed by atoms with E-state index in [1.54, 1.807) is 22.6 Å². The maximum atomic E-state index is 13.0. The number of rotatable bonds is 5. The van der Waals surface area contributed by atoms with Crippen LogP contribution in [0.5, 0.6) is 0 Å². The number of nitrogens with one attached hydrogen (secondary N) is 1. The van der Waals surface area contributed by atoms with Gasteiger partial charge < -0.3 is 10.2 Å². The molecule has 0 atom stereocenters. The highest BCUT2D eigenvalue weighted by Crippen LogP contribution is 2.21. The summed E-state index contributed by atoms with van der Waals surface area (Å²) in [7, 11) is 0. The number of aromatic nitrogens is 3. The van der Waals surface area contributed by atoms with Crippen LogP contribution in [0, 0.1) is 20.8 Å². The average Bonchev–Trinajstić information content (AvgIpc) is 3.18. The highest BCUT2D eigenvalue weighted by molar-refractivity contribution is 6.32. The number of aryl methyl sites for hydroxylation is 2. The fourth-order valence-electron chi connectivity index (χ4n) is 3.86. The van der Waals surface area contributed by atoms with Crippen molar-refractivity contribution in [3.8, 4) is 5.69 Å². The molecule has 172 valence electrons. The summed E-state index contributed by atoms with van der Waals surface area (Å²) in [4.78, 5) is 33.6. The minimum absolute atomic E-state index is 0.0562. The predicted molar refractivity (Wildman–Crippen MR) is 128 cm³/mol. The highest BCUT2D eigenvalue weighted by Gasteiger charge is 2.26. The molecule has 1 fully saturated rings. The molecule has 9 heteroatoms. The van der Waals surface area contributed by atoms with Crippen molar-refractivity contribution < 1.29 is 9.59 Å². The third kappa shape index (κ3) is 5.07. The minimum atomic E-state index is -0.219. The molecule has 0 saturated carbocycles. The van der Waals surface area contributed by atoms with Crippen molar-refractivity contribution >= 4 is 29.1 Å². The standard InChI is InChI=1S/C24H27ClN6O2/c1-16-7-6-9-20(17(16)2)27-22(32)15-29-11-13-30(14-12-29)24(33)23-26-18(3)31(28-23)21-10-5-4-8-19(21)25/h4-10H,11-15H2,1-3H3,(H,27,32). The van der Waals surface area contributed by atoms with E-state index < -0.39 is 0 Å². The van der Waals surface area contributed by atoms with Gasteiger partial charge in [-0.3, -0.25) is 14.5 Å². The summed E-state index contributed by atoms with van der Waals surface area (Å²) in [6, 6.07) is 13.2. The first kappa shape index (κ1) is 22.9. The van der Waals surface area contributed by atoms with Crippen LogP contribution in [0.2, 0.25) is 5.02 Å². The van der Waals surface area contributed by atoms with Crippen LogP contribution in [0.3, 0.4) is 0 Å². The second-order valence-electron chi connectivity index (χ2n) is 8.21. The molecule has 0 spiro atoms. The second kappa shape index (κ2) is 9.72. The van der Waals surface area contributed by atoms with Gasteiger partial charge in [-0.1, -0.05) is 35.9 Å². The van der Waals surface area contributed by atoms with Crippen molar-refractivity contribution in [1.82, 2.24) is 24.6 Å². The van der Waals surface area contributed by atoms with Crippen LogP contribution in [-0.2, 0) is 4.79 Å². The molecule has 4 rings (SSSR count). The number of nitrogens with zero attached hydrogens (tertiary/aromatic N) is 5. The van der Waals surface area contributed by atoms with E-state index >= 15 is 0 Å². The van der Waals surface area contributed by atoms with Crippen LogP contribution in [-0.4, -0.2) is 69.1 Å². The molecule has 0 radical (unpaired) electrons. The van der Waals surface area contributed by atoms with Crippen molar-refractivity contribution in [2.45, 2.75) is 20.8 Å². The van der Waals surface area contributed by atoms with Crippen LogP contribution in [0.25, 0.3) is 5.69 Å². The number of hydrogen-bond donors (Lipinski definition) is 1. The monoisotopic (exact) mass is 466 g/mol. The highest BCUT2D eigenvalue weighted by atomic mass is 35.5. The summed E-state index contributed by atoms with van der Waals surface area (Å²) >= 11 is 6.27. The molecule has 1 aliphatic heterocycles. The number of para-hydroxylation sites is 1. The Balaban J connectivity index is 1.34. The molecule has 1 N–H and O–H groups in total. The molecule has 3 aromatic rings. The quantitative estimate of drug-likeness (QED) is 0.624. The Morgan fingerprint density at radius 2 is 1.73 bits per heavy atom. The Morgan fingerprint density at radius 1 is 1.00 bits per heavy atom. The van der Waals surface area contributed by atoms with E-state index in [4.69, 9.17) is 11.6 Å². The molecule has 8 nitrogen and oxygen atoms in total. The van der Waals surface area contributed by atoms with E-state index in [2.05, 4.69) is 15.4 Å². The lowest BCUT2D eigenvalue weighted by Gasteiger charge is -2.33.